The van der Waals surface area contributed by atoms with E-state index in [-0.39, 0.29) is 18.1 Å². The van der Waals surface area contributed by atoms with Crippen LogP contribution in [0.1, 0.15) is 41.6 Å². The number of rotatable bonds is 3. The zero-order chi connectivity index (χ0) is 14.0. The van der Waals surface area contributed by atoms with Gasteiger partial charge in [-0.25, -0.2) is 10.9 Å². The summed E-state index contributed by atoms with van der Waals surface area (Å²) in [7, 11) is 0. The molecule has 104 valence electrons. The third-order valence-corrected chi connectivity index (χ3v) is 3.73. The maximum atomic E-state index is 11.7. The molecule has 0 spiro atoms. The molecule has 0 saturated carbocycles. The second-order valence-corrected chi connectivity index (χ2v) is 5.17. The van der Waals surface area contributed by atoms with E-state index in [0.717, 1.165) is 6.42 Å². The van der Waals surface area contributed by atoms with Crippen molar-refractivity contribution in [2.24, 2.45) is 0 Å². The Balaban J connectivity index is 2.13. The van der Waals surface area contributed by atoms with Crippen molar-refractivity contribution in [3.8, 4) is 0 Å². The average molecular weight is 262 g/mol. The first-order chi connectivity index (χ1) is 9.02. The largest absolute Gasteiger partial charge is 0.465 e. The van der Waals surface area contributed by atoms with Crippen molar-refractivity contribution in [3.05, 3.63) is 34.4 Å². The molecule has 2 rings (SSSR count). The van der Waals surface area contributed by atoms with Crippen LogP contribution in [0.2, 0.25) is 0 Å². The summed E-state index contributed by atoms with van der Waals surface area (Å²) in [6, 6.07) is 4.31. The number of nitrogens with one attached hydrogen (secondary N) is 2. The Kier molecular flexibility index (Phi) is 4.22. The molecule has 1 aliphatic heterocycles. The molecular weight excluding hydrogens is 240 g/mol. The van der Waals surface area contributed by atoms with E-state index in [4.69, 9.17) is 4.74 Å². The molecule has 2 atom stereocenters. The fraction of sp³-hybridized carbons (Fsp3) is 0.533. The number of carbonyl (C=O) groups excluding carboxylic acids is 1. The second kappa shape index (κ2) is 5.72. The van der Waals surface area contributed by atoms with Crippen LogP contribution in [0, 0.1) is 20.8 Å². The van der Waals surface area contributed by atoms with Crippen LogP contribution in [0.4, 0.5) is 0 Å². The molecule has 2 N–H and O–H groups in total. The van der Waals surface area contributed by atoms with Crippen molar-refractivity contribution >= 4 is 5.97 Å². The van der Waals surface area contributed by atoms with E-state index < -0.39 is 0 Å². The highest BCUT2D eigenvalue weighted by atomic mass is 16.5. The quantitative estimate of drug-likeness (QED) is 0.819. The molecule has 4 heteroatoms. The van der Waals surface area contributed by atoms with Crippen LogP contribution in [0.3, 0.4) is 0 Å². The topological polar surface area (TPSA) is 50.4 Å². The Morgan fingerprint density at radius 1 is 1.21 bits per heavy atom. The lowest BCUT2D eigenvalue weighted by Gasteiger charge is -2.15. The van der Waals surface area contributed by atoms with E-state index in [1.807, 2.05) is 6.92 Å². The smallest absolute Gasteiger partial charge is 0.324 e. The van der Waals surface area contributed by atoms with Gasteiger partial charge < -0.3 is 4.74 Å². The van der Waals surface area contributed by atoms with E-state index in [0.29, 0.717) is 6.61 Å². The first-order valence-corrected chi connectivity index (χ1v) is 6.78. The average Bonchev–Trinajstić information content (AvgIpc) is 2.83. The summed E-state index contributed by atoms with van der Waals surface area (Å²) in [6.45, 7) is 8.59. The molecule has 19 heavy (non-hydrogen) atoms. The van der Waals surface area contributed by atoms with Crippen LogP contribution in [0.25, 0.3) is 0 Å². The molecule has 1 aromatic carbocycles. The Morgan fingerprint density at radius 2 is 1.89 bits per heavy atom. The number of hydrazine groups is 1. The summed E-state index contributed by atoms with van der Waals surface area (Å²) < 4.78 is 5.04. The van der Waals surface area contributed by atoms with Crippen molar-refractivity contribution in [2.75, 3.05) is 6.61 Å². The number of ether oxygens (including phenoxy) is 1. The van der Waals surface area contributed by atoms with E-state index >= 15 is 0 Å². The monoisotopic (exact) mass is 262 g/mol. The molecule has 1 saturated heterocycles. The maximum absolute atomic E-state index is 11.7. The molecule has 1 aliphatic rings. The van der Waals surface area contributed by atoms with Gasteiger partial charge in [-0.1, -0.05) is 12.1 Å². The van der Waals surface area contributed by atoms with Gasteiger partial charge in [0.15, 0.2) is 0 Å². The normalized spacial score (nSPS) is 22.5. The number of benzene rings is 1. The predicted molar refractivity (Wildman–Crippen MR) is 74.7 cm³/mol. The van der Waals surface area contributed by atoms with E-state index in [2.05, 4.69) is 43.8 Å². The number of carbonyl (C=O) groups is 1. The van der Waals surface area contributed by atoms with Gasteiger partial charge in [0.25, 0.3) is 0 Å². The zero-order valence-corrected chi connectivity index (χ0v) is 12.0. The van der Waals surface area contributed by atoms with Gasteiger partial charge in [0.05, 0.1) is 6.61 Å². The molecule has 0 radical (unpaired) electrons. The van der Waals surface area contributed by atoms with Gasteiger partial charge in [-0.3, -0.25) is 4.79 Å². The minimum Gasteiger partial charge on any atom is -0.465 e. The number of hydrogen-bond acceptors (Lipinski definition) is 4. The van der Waals surface area contributed by atoms with Crippen LogP contribution in [0.15, 0.2) is 12.1 Å². The van der Waals surface area contributed by atoms with Crippen molar-refractivity contribution in [3.63, 3.8) is 0 Å². The minimum absolute atomic E-state index is 0.161. The van der Waals surface area contributed by atoms with Gasteiger partial charge in [0.2, 0.25) is 0 Å². The van der Waals surface area contributed by atoms with Gasteiger partial charge >= 0.3 is 5.97 Å². The van der Waals surface area contributed by atoms with Crippen LogP contribution in [-0.2, 0) is 9.53 Å². The van der Waals surface area contributed by atoms with E-state index in [1.54, 1.807) is 0 Å². The first kappa shape index (κ1) is 14.0. The highest BCUT2D eigenvalue weighted by molar-refractivity contribution is 5.76. The summed E-state index contributed by atoms with van der Waals surface area (Å²) in [5, 5.41) is 0. The molecule has 2 unspecified atom stereocenters. The Bertz CT molecular complexity index is 485. The Morgan fingerprint density at radius 3 is 2.58 bits per heavy atom. The van der Waals surface area contributed by atoms with Gasteiger partial charge in [0, 0.05) is 6.04 Å². The first-order valence-electron chi connectivity index (χ1n) is 6.78. The minimum atomic E-state index is -0.258. The molecule has 4 nitrogen and oxygen atoms in total. The van der Waals surface area contributed by atoms with Gasteiger partial charge in [-0.05, 0) is 56.4 Å². The second-order valence-electron chi connectivity index (χ2n) is 5.17. The highest BCUT2D eigenvalue weighted by Crippen LogP contribution is 2.27. The van der Waals surface area contributed by atoms with E-state index in [1.165, 1.54) is 22.3 Å². The number of hydrogen-bond donors (Lipinski definition) is 2. The lowest BCUT2D eigenvalue weighted by molar-refractivity contribution is -0.145. The predicted octanol–water partition coefficient (Wildman–Crippen LogP) is 2.08. The van der Waals surface area contributed by atoms with Crippen molar-refractivity contribution in [2.45, 2.75) is 46.2 Å². The molecule has 1 aromatic rings. The highest BCUT2D eigenvalue weighted by Gasteiger charge is 2.31. The molecular formula is C15H22N2O2. The summed E-state index contributed by atoms with van der Waals surface area (Å²) in [4.78, 5) is 11.7. The fourth-order valence-electron chi connectivity index (χ4n) is 2.52. The molecule has 0 aliphatic carbocycles. The van der Waals surface area contributed by atoms with Crippen LogP contribution >= 0.6 is 0 Å². The lowest BCUT2D eigenvalue weighted by Crippen LogP contribution is -2.37. The van der Waals surface area contributed by atoms with E-state index in [9.17, 15) is 4.79 Å². The lowest BCUT2D eigenvalue weighted by atomic mass is 9.94. The molecule has 0 aromatic heterocycles. The summed E-state index contributed by atoms with van der Waals surface area (Å²) in [5.74, 6) is -0.181. The zero-order valence-electron chi connectivity index (χ0n) is 12.0. The third-order valence-electron chi connectivity index (χ3n) is 3.73. The maximum Gasteiger partial charge on any atom is 0.324 e. The van der Waals surface area contributed by atoms with Gasteiger partial charge in [-0.2, -0.15) is 0 Å². The molecule has 0 amide bonds. The summed E-state index contributed by atoms with van der Waals surface area (Å²) in [6.07, 6.45) is 0.724. The summed E-state index contributed by atoms with van der Waals surface area (Å²) >= 11 is 0. The summed E-state index contributed by atoms with van der Waals surface area (Å²) in [5.41, 5.74) is 11.3. The standard InChI is InChI=1S/C15H22N2O2/c1-5-19-15(18)14-8-13(16-17-14)12-7-10(3)9(2)6-11(12)4/h6-7,13-14,16-17H,5,8H2,1-4H3. The molecule has 0 bridgehead atoms. The third kappa shape index (κ3) is 2.96. The van der Waals surface area contributed by atoms with Crippen molar-refractivity contribution < 1.29 is 9.53 Å². The van der Waals surface area contributed by atoms with Crippen molar-refractivity contribution in [1.82, 2.24) is 10.9 Å². The van der Waals surface area contributed by atoms with Crippen molar-refractivity contribution in [1.29, 1.82) is 0 Å². The fourth-order valence-corrected chi connectivity index (χ4v) is 2.52. The number of aryl methyl sites for hydroxylation is 3. The van der Waals surface area contributed by atoms with Gasteiger partial charge in [-0.15, -0.1) is 0 Å². The van der Waals surface area contributed by atoms with Crippen LogP contribution in [0.5, 0.6) is 0 Å². The molecule has 1 fully saturated rings. The van der Waals surface area contributed by atoms with Gasteiger partial charge in [0.1, 0.15) is 6.04 Å². The Hall–Kier alpha value is -1.39. The SMILES string of the molecule is CCOC(=O)C1CC(c2cc(C)c(C)cc2C)NN1. The Labute approximate surface area is 114 Å². The van der Waals surface area contributed by atoms with Crippen LogP contribution in [-0.4, -0.2) is 18.6 Å². The number of esters is 1. The van der Waals surface area contributed by atoms with Crippen LogP contribution < -0.4 is 10.9 Å². The molecule has 1 heterocycles.